The Balaban J connectivity index is 1.78. The number of nitrogens with zero attached hydrogens (tertiary/aromatic N) is 3. The molecule has 0 atom stereocenters. The number of fused-ring (bicyclic) bond motifs is 1. The third-order valence-corrected chi connectivity index (χ3v) is 4.94. The van der Waals surface area contributed by atoms with Gasteiger partial charge in [0.05, 0.1) is 18.5 Å². The number of aromatic nitrogens is 3. The average Bonchev–Trinajstić information content (AvgIpc) is 3.17. The lowest BCUT2D eigenvalue weighted by Crippen LogP contribution is -2.16. The predicted octanol–water partition coefficient (Wildman–Crippen LogP) is 5.64. The molecule has 0 bridgehead atoms. The summed E-state index contributed by atoms with van der Waals surface area (Å²) in [6, 6.07) is 13.6. The number of hydrogen-bond acceptors (Lipinski definition) is 4. The summed E-state index contributed by atoms with van der Waals surface area (Å²) >= 11 is 5.96. The topological polar surface area (TPSA) is 68.5 Å². The van der Waals surface area contributed by atoms with Gasteiger partial charge < -0.3 is 10.1 Å². The van der Waals surface area contributed by atoms with E-state index < -0.39 is 17.8 Å². The van der Waals surface area contributed by atoms with Crippen LogP contribution in [-0.4, -0.2) is 27.6 Å². The molecule has 0 fully saturated rings. The zero-order valence-electron chi connectivity index (χ0n) is 16.9. The second-order valence-corrected chi connectivity index (χ2v) is 7.43. The number of nitrogens with one attached hydrogen (secondary N) is 1. The van der Waals surface area contributed by atoms with Gasteiger partial charge in [0, 0.05) is 16.7 Å². The summed E-state index contributed by atoms with van der Waals surface area (Å²) in [5.41, 5.74) is 0.451. The Labute approximate surface area is 185 Å². The second kappa shape index (κ2) is 8.16. The first-order valence-corrected chi connectivity index (χ1v) is 9.73. The van der Waals surface area contributed by atoms with Crippen molar-refractivity contribution in [2.24, 2.45) is 0 Å². The van der Waals surface area contributed by atoms with E-state index in [4.69, 9.17) is 16.3 Å². The Morgan fingerprint density at radius 3 is 2.47 bits per heavy atom. The van der Waals surface area contributed by atoms with Crippen molar-refractivity contribution in [2.45, 2.75) is 13.1 Å². The minimum Gasteiger partial charge on any atom is -0.495 e. The molecular weight excluding hydrogens is 445 g/mol. The van der Waals surface area contributed by atoms with Crippen LogP contribution in [0.3, 0.4) is 0 Å². The predicted molar refractivity (Wildman–Crippen MR) is 114 cm³/mol. The number of hydrogen-bond donors (Lipinski definition) is 1. The van der Waals surface area contributed by atoms with Gasteiger partial charge in [0.2, 0.25) is 0 Å². The van der Waals surface area contributed by atoms with Gasteiger partial charge in [-0.15, -0.1) is 0 Å². The van der Waals surface area contributed by atoms with Crippen LogP contribution in [0, 0.1) is 6.92 Å². The van der Waals surface area contributed by atoms with Crippen LogP contribution in [0.1, 0.15) is 21.7 Å². The minimum atomic E-state index is -4.71. The third kappa shape index (κ3) is 4.24. The van der Waals surface area contributed by atoms with Crippen LogP contribution in [0.15, 0.2) is 54.6 Å². The number of halogens is 4. The van der Waals surface area contributed by atoms with Gasteiger partial charge in [0.25, 0.3) is 5.91 Å². The van der Waals surface area contributed by atoms with Crippen molar-refractivity contribution in [3.8, 4) is 17.0 Å². The molecule has 0 aliphatic heterocycles. The van der Waals surface area contributed by atoms with Crippen molar-refractivity contribution in [3.05, 3.63) is 76.6 Å². The molecule has 1 N–H and O–H groups in total. The van der Waals surface area contributed by atoms with E-state index in [9.17, 15) is 18.0 Å². The maximum absolute atomic E-state index is 13.8. The van der Waals surface area contributed by atoms with E-state index >= 15 is 0 Å². The molecule has 2 heterocycles. The summed E-state index contributed by atoms with van der Waals surface area (Å²) in [6.07, 6.45) is -4.71. The lowest BCUT2D eigenvalue weighted by molar-refractivity contribution is -0.142. The highest BCUT2D eigenvalue weighted by atomic mass is 35.5. The van der Waals surface area contributed by atoms with Gasteiger partial charge in [-0.3, -0.25) is 4.79 Å². The van der Waals surface area contributed by atoms with Gasteiger partial charge >= 0.3 is 6.18 Å². The monoisotopic (exact) mass is 460 g/mol. The molecule has 0 saturated heterocycles. The third-order valence-electron chi connectivity index (χ3n) is 4.71. The number of carbonyl (C=O) groups is 1. The molecule has 0 unspecified atom stereocenters. The maximum Gasteiger partial charge on any atom is 0.433 e. The van der Waals surface area contributed by atoms with Gasteiger partial charge in [-0.05, 0) is 31.2 Å². The fourth-order valence-electron chi connectivity index (χ4n) is 3.12. The highest BCUT2D eigenvalue weighted by Crippen LogP contribution is 2.33. The summed E-state index contributed by atoms with van der Waals surface area (Å²) in [4.78, 5) is 17.0. The Morgan fingerprint density at radius 2 is 1.81 bits per heavy atom. The summed E-state index contributed by atoms with van der Waals surface area (Å²) < 4.78 is 47.1. The quantitative estimate of drug-likeness (QED) is 0.428. The van der Waals surface area contributed by atoms with Crippen LogP contribution < -0.4 is 10.1 Å². The number of carbonyl (C=O) groups excluding carboxylic acids is 1. The fourth-order valence-corrected chi connectivity index (χ4v) is 3.30. The van der Waals surface area contributed by atoms with Gasteiger partial charge in [-0.2, -0.15) is 18.3 Å². The van der Waals surface area contributed by atoms with Crippen LogP contribution in [0.2, 0.25) is 5.02 Å². The number of benzene rings is 2. The molecule has 4 rings (SSSR count). The van der Waals surface area contributed by atoms with Gasteiger partial charge in [0.15, 0.2) is 17.0 Å². The smallest absolute Gasteiger partial charge is 0.433 e. The normalized spacial score (nSPS) is 11.6. The van der Waals surface area contributed by atoms with Crippen LogP contribution in [0.25, 0.3) is 16.9 Å². The van der Waals surface area contributed by atoms with Crippen molar-refractivity contribution in [1.29, 1.82) is 0 Å². The molecule has 0 aliphatic rings. The highest BCUT2D eigenvalue weighted by Gasteiger charge is 2.35. The van der Waals surface area contributed by atoms with Crippen molar-refractivity contribution in [3.63, 3.8) is 0 Å². The van der Waals surface area contributed by atoms with Crippen molar-refractivity contribution in [1.82, 2.24) is 14.6 Å². The maximum atomic E-state index is 13.8. The molecule has 32 heavy (non-hydrogen) atoms. The van der Waals surface area contributed by atoms with E-state index in [1.165, 1.54) is 19.2 Å². The van der Waals surface area contributed by atoms with E-state index in [0.29, 0.717) is 20.9 Å². The number of alkyl halides is 3. The first kappa shape index (κ1) is 21.6. The van der Waals surface area contributed by atoms with Gasteiger partial charge in [-0.1, -0.05) is 41.4 Å². The number of amides is 1. The van der Waals surface area contributed by atoms with E-state index in [2.05, 4.69) is 15.4 Å². The van der Waals surface area contributed by atoms with E-state index in [1.54, 1.807) is 36.4 Å². The molecule has 0 saturated carbocycles. The first-order valence-electron chi connectivity index (χ1n) is 9.35. The molecule has 4 aromatic rings. The zero-order chi connectivity index (χ0) is 23.0. The minimum absolute atomic E-state index is 0.112. The fraction of sp³-hybridized carbons (Fsp3) is 0.136. The van der Waals surface area contributed by atoms with Crippen molar-refractivity contribution in [2.75, 3.05) is 12.4 Å². The van der Waals surface area contributed by atoms with Gasteiger partial charge in [0.1, 0.15) is 5.75 Å². The van der Waals surface area contributed by atoms with Crippen LogP contribution in [-0.2, 0) is 6.18 Å². The molecule has 164 valence electrons. The molecule has 0 spiro atoms. The Hall–Kier alpha value is -3.59. The lowest BCUT2D eigenvalue weighted by atomic mass is 10.1. The average molecular weight is 461 g/mol. The number of anilines is 1. The van der Waals surface area contributed by atoms with E-state index in [0.717, 1.165) is 11.6 Å². The summed E-state index contributed by atoms with van der Waals surface area (Å²) in [6.45, 7) is 1.87. The molecule has 2 aromatic carbocycles. The highest BCUT2D eigenvalue weighted by molar-refractivity contribution is 6.31. The molecule has 6 nitrogen and oxygen atoms in total. The zero-order valence-corrected chi connectivity index (χ0v) is 17.6. The van der Waals surface area contributed by atoms with E-state index in [-0.39, 0.29) is 22.7 Å². The number of aryl methyl sites for hydroxylation is 1. The Morgan fingerprint density at radius 1 is 1.09 bits per heavy atom. The molecule has 0 radical (unpaired) electrons. The van der Waals surface area contributed by atoms with Crippen LogP contribution in [0.5, 0.6) is 5.75 Å². The van der Waals surface area contributed by atoms with E-state index in [1.807, 2.05) is 6.92 Å². The summed E-state index contributed by atoms with van der Waals surface area (Å²) in [5, 5.41) is 6.75. The van der Waals surface area contributed by atoms with Crippen LogP contribution >= 0.6 is 11.6 Å². The largest absolute Gasteiger partial charge is 0.495 e. The summed E-state index contributed by atoms with van der Waals surface area (Å²) in [5.74, 6) is -0.400. The Kier molecular flexibility index (Phi) is 5.52. The first-order chi connectivity index (χ1) is 15.2. The molecule has 1 amide bonds. The molecule has 2 aromatic heterocycles. The lowest BCUT2D eigenvalue weighted by Gasteiger charge is -2.11. The second-order valence-electron chi connectivity index (χ2n) is 6.99. The van der Waals surface area contributed by atoms with Crippen LogP contribution in [0.4, 0.5) is 18.9 Å². The number of ether oxygens (including phenoxy) is 1. The molecular formula is C22H16ClF3N4O2. The standard InChI is InChI=1S/C22H16ClF3N4O2/c1-12-3-5-13(6-4-12)15-10-19(22(24,25)26)30-20(27-15)11-17(29-30)21(31)28-16-9-14(23)7-8-18(16)32-2/h3-11H,1-2H3,(H,28,31). The Bertz CT molecular complexity index is 1320. The SMILES string of the molecule is COc1ccc(Cl)cc1NC(=O)c1cc2nc(-c3ccc(C)cc3)cc(C(F)(F)F)n2n1. The van der Waals surface area contributed by atoms with Crippen molar-refractivity contribution >= 4 is 28.8 Å². The molecule has 10 heteroatoms. The summed E-state index contributed by atoms with van der Waals surface area (Å²) in [7, 11) is 1.41. The van der Waals surface area contributed by atoms with Crippen molar-refractivity contribution < 1.29 is 22.7 Å². The molecule has 0 aliphatic carbocycles. The number of methoxy groups -OCH3 is 1. The van der Waals surface area contributed by atoms with Gasteiger partial charge in [-0.25, -0.2) is 9.50 Å². The number of rotatable bonds is 4.